The summed E-state index contributed by atoms with van der Waals surface area (Å²) in [5.41, 5.74) is 1.90. The quantitative estimate of drug-likeness (QED) is 0.450. The summed E-state index contributed by atoms with van der Waals surface area (Å²) in [5.74, 6) is 0.795. The van der Waals surface area contributed by atoms with Gasteiger partial charge in [0, 0.05) is 11.6 Å². The lowest BCUT2D eigenvalue weighted by atomic mass is 9.80. The smallest absolute Gasteiger partial charge is 0.0310 e. The average molecular weight is 151 g/mol. The Kier molecular flexibility index (Phi) is 1.40. The highest BCUT2D eigenvalue weighted by molar-refractivity contribution is 5.17. The molecular weight excluding hydrogens is 134 g/mol. The second kappa shape index (κ2) is 2.10. The van der Waals surface area contributed by atoms with E-state index in [0.717, 1.165) is 12.0 Å². The minimum absolute atomic E-state index is 0.520. The fourth-order valence-corrected chi connectivity index (χ4v) is 2.25. The van der Waals surface area contributed by atoms with Gasteiger partial charge in [-0.3, -0.25) is 0 Å². The van der Waals surface area contributed by atoms with Gasteiger partial charge in [-0.2, -0.15) is 0 Å². The molecule has 1 aliphatic carbocycles. The first-order valence-electron chi connectivity index (χ1n) is 4.55. The van der Waals surface area contributed by atoms with Gasteiger partial charge < -0.3 is 5.32 Å². The van der Waals surface area contributed by atoms with Gasteiger partial charge in [0.1, 0.15) is 0 Å². The van der Waals surface area contributed by atoms with Crippen molar-refractivity contribution in [1.29, 1.82) is 0 Å². The van der Waals surface area contributed by atoms with Crippen LogP contribution in [0, 0.1) is 5.92 Å². The molecule has 11 heavy (non-hydrogen) atoms. The summed E-state index contributed by atoms with van der Waals surface area (Å²) in [6.07, 6.45) is 4.01. The zero-order valence-electron chi connectivity index (χ0n) is 7.48. The highest BCUT2D eigenvalue weighted by Gasteiger charge is 2.52. The average Bonchev–Trinajstić information content (AvgIpc) is 2.58. The Morgan fingerprint density at radius 3 is 2.91 bits per heavy atom. The Labute approximate surface area is 68.9 Å². The summed E-state index contributed by atoms with van der Waals surface area (Å²) in [4.78, 5) is 0. The summed E-state index contributed by atoms with van der Waals surface area (Å²) in [6.45, 7) is 8.53. The van der Waals surface area contributed by atoms with Crippen molar-refractivity contribution in [3.63, 3.8) is 0 Å². The van der Waals surface area contributed by atoms with Crippen LogP contribution in [0.2, 0.25) is 0 Å². The number of fused-ring (bicyclic) bond motifs is 1. The molecule has 1 unspecified atom stereocenters. The third kappa shape index (κ3) is 1.12. The van der Waals surface area contributed by atoms with E-state index >= 15 is 0 Å². The van der Waals surface area contributed by atoms with E-state index in [0.29, 0.717) is 5.54 Å². The Morgan fingerprint density at radius 1 is 1.64 bits per heavy atom. The largest absolute Gasteiger partial charge is 0.305 e. The van der Waals surface area contributed by atoms with Crippen molar-refractivity contribution in [2.75, 3.05) is 0 Å². The maximum Gasteiger partial charge on any atom is 0.0310 e. The molecule has 1 saturated heterocycles. The lowest BCUT2D eigenvalue weighted by Gasteiger charge is -2.23. The first-order valence-corrected chi connectivity index (χ1v) is 4.55. The van der Waals surface area contributed by atoms with Crippen molar-refractivity contribution in [1.82, 2.24) is 5.32 Å². The van der Waals surface area contributed by atoms with Crippen LogP contribution in [0.4, 0.5) is 0 Å². The first kappa shape index (κ1) is 7.35. The predicted octanol–water partition coefficient (Wildman–Crippen LogP) is 2.09. The molecule has 0 bridgehead atoms. The molecule has 0 spiro atoms. The summed E-state index contributed by atoms with van der Waals surface area (Å²) in [7, 11) is 0. The van der Waals surface area contributed by atoms with Crippen molar-refractivity contribution in [2.45, 2.75) is 44.7 Å². The number of nitrogens with one attached hydrogen (secondary N) is 1. The molecule has 1 aliphatic heterocycles. The van der Waals surface area contributed by atoms with Crippen molar-refractivity contribution < 1.29 is 0 Å². The Bertz CT molecular complexity index is 197. The number of allylic oxidation sites excluding steroid dienone is 1. The van der Waals surface area contributed by atoms with Gasteiger partial charge in [-0.15, -0.1) is 0 Å². The zero-order chi connectivity index (χ0) is 8.06. The van der Waals surface area contributed by atoms with Gasteiger partial charge in [0.05, 0.1) is 0 Å². The standard InChI is InChI=1S/C10H17N/c1-7(2)8-4-5-10(3)9(6-8)11-10/h8-9,11H,1,4-6H2,2-3H3/t8-,9?,10+/m0/s1. The minimum Gasteiger partial charge on any atom is -0.305 e. The fourth-order valence-electron chi connectivity index (χ4n) is 2.25. The molecule has 3 atom stereocenters. The van der Waals surface area contributed by atoms with Crippen LogP contribution >= 0.6 is 0 Å². The zero-order valence-corrected chi connectivity index (χ0v) is 7.48. The van der Waals surface area contributed by atoms with Crippen LogP contribution in [0.15, 0.2) is 12.2 Å². The lowest BCUT2D eigenvalue weighted by molar-refractivity contribution is 0.396. The third-order valence-electron chi connectivity index (χ3n) is 3.42. The maximum atomic E-state index is 4.03. The van der Waals surface area contributed by atoms with Crippen LogP contribution in [0.5, 0.6) is 0 Å². The van der Waals surface area contributed by atoms with Crippen LogP contribution in [0.25, 0.3) is 0 Å². The molecule has 1 N–H and O–H groups in total. The molecule has 0 aromatic carbocycles. The van der Waals surface area contributed by atoms with Crippen LogP contribution in [0.3, 0.4) is 0 Å². The normalized spacial score (nSPS) is 48.2. The molecule has 1 nitrogen and oxygen atoms in total. The molecule has 2 rings (SSSR count). The molecule has 0 radical (unpaired) electrons. The highest BCUT2D eigenvalue weighted by Crippen LogP contribution is 2.43. The number of hydrogen-bond donors (Lipinski definition) is 1. The summed E-state index contributed by atoms with van der Waals surface area (Å²) < 4.78 is 0. The molecule has 0 aromatic rings. The van der Waals surface area contributed by atoms with Gasteiger partial charge in [-0.1, -0.05) is 12.2 Å². The van der Waals surface area contributed by atoms with E-state index in [1.165, 1.54) is 24.8 Å². The molecule has 2 aliphatic rings. The van der Waals surface area contributed by atoms with Gasteiger partial charge in [-0.05, 0) is 39.0 Å². The van der Waals surface area contributed by atoms with Gasteiger partial charge >= 0.3 is 0 Å². The number of rotatable bonds is 1. The van der Waals surface area contributed by atoms with E-state index in [2.05, 4.69) is 25.7 Å². The van der Waals surface area contributed by atoms with E-state index in [-0.39, 0.29) is 0 Å². The Balaban J connectivity index is 1.98. The van der Waals surface area contributed by atoms with Gasteiger partial charge in [0.15, 0.2) is 0 Å². The van der Waals surface area contributed by atoms with E-state index in [4.69, 9.17) is 0 Å². The predicted molar refractivity (Wildman–Crippen MR) is 47.5 cm³/mol. The molecule has 2 fully saturated rings. The molecule has 0 aromatic heterocycles. The van der Waals surface area contributed by atoms with Gasteiger partial charge in [0.25, 0.3) is 0 Å². The van der Waals surface area contributed by atoms with E-state index < -0.39 is 0 Å². The Hall–Kier alpha value is -0.300. The van der Waals surface area contributed by atoms with Crippen molar-refractivity contribution in [3.8, 4) is 0 Å². The topological polar surface area (TPSA) is 21.9 Å². The highest BCUT2D eigenvalue weighted by atomic mass is 15.2. The van der Waals surface area contributed by atoms with E-state index in [9.17, 15) is 0 Å². The van der Waals surface area contributed by atoms with Crippen LogP contribution in [0.1, 0.15) is 33.1 Å². The van der Waals surface area contributed by atoms with E-state index in [1.807, 2.05) is 0 Å². The number of hydrogen-bond acceptors (Lipinski definition) is 1. The van der Waals surface area contributed by atoms with Crippen LogP contribution in [-0.2, 0) is 0 Å². The summed E-state index contributed by atoms with van der Waals surface area (Å²) >= 11 is 0. The summed E-state index contributed by atoms with van der Waals surface area (Å²) in [5, 5.41) is 3.55. The maximum absolute atomic E-state index is 4.03. The van der Waals surface area contributed by atoms with Crippen LogP contribution < -0.4 is 5.32 Å². The lowest BCUT2D eigenvalue weighted by Crippen LogP contribution is -2.21. The van der Waals surface area contributed by atoms with Crippen LogP contribution in [-0.4, -0.2) is 11.6 Å². The third-order valence-corrected chi connectivity index (χ3v) is 3.42. The minimum atomic E-state index is 0.520. The second-order valence-corrected chi connectivity index (χ2v) is 4.43. The van der Waals surface area contributed by atoms with Crippen molar-refractivity contribution in [2.24, 2.45) is 5.92 Å². The second-order valence-electron chi connectivity index (χ2n) is 4.43. The first-order chi connectivity index (χ1) is 5.12. The van der Waals surface area contributed by atoms with Gasteiger partial charge in [-0.25, -0.2) is 0 Å². The molecule has 62 valence electrons. The summed E-state index contributed by atoms with van der Waals surface area (Å²) in [6, 6.07) is 0.804. The molecule has 1 heteroatoms. The molecule has 1 heterocycles. The molecular formula is C10H17N. The van der Waals surface area contributed by atoms with E-state index in [1.54, 1.807) is 0 Å². The fraction of sp³-hybridized carbons (Fsp3) is 0.800. The van der Waals surface area contributed by atoms with Gasteiger partial charge in [0.2, 0.25) is 0 Å². The monoisotopic (exact) mass is 151 g/mol. The van der Waals surface area contributed by atoms with Crippen molar-refractivity contribution in [3.05, 3.63) is 12.2 Å². The Morgan fingerprint density at radius 2 is 2.36 bits per heavy atom. The molecule has 1 saturated carbocycles. The molecule has 0 amide bonds. The SMILES string of the molecule is C=C(C)[C@H]1CC[C@@]2(C)NC2C1. The van der Waals surface area contributed by atoms with Crippen molar-refractivity contribution >= 4 is 0 Å².